The first-order valence-electron chi connectivity index (χ1n) is 8.77. The molecular formula is C19H23NO6. The van der Waals surface area contributed by atoms with Gasteiger partial charge in [0, 0.05) is 12.8 Å². The van der Waals surface area contributed by atoms with E-state index in [-0.39, 0.29) is 12.8 Å². The number of rotatable bonds is 6. The SMILES string of the molecule is COc1ccc([C@]2(C#N)CC[C@](O)(OC(=O)O)CC2)cc1OCC1CC1. The maximum absolute atomic E-state index is 10.7. The van der Waals surface area contributed by atoms with Gasteiger partial charge in [0.25, 0.3) is 0 Å². The van der Waals surface area contributed by atoms with E-state index in [0.29, 0.717) is 36.9 Å². The van der Waals surface area contributed by atoms with E-state index in [1.54, 1.807) is 13.2 Å². The maximum atomic E-state index is 10.7. The van der Waals surface area contributed by atoms with Crippen LogP contribution in [-0.4, -0.2) is 35.9 Å². The number of ether oxygens (including phenoxy) is 3. The van der Waals surface area contributed by atoms with Crippen molar-refractivity contribution in [2.75, 3.05) is 13.7 Å². The molecule has 0 spiro atoms. The van der Waals surface area contributed by atoms with E-state index in [9.17, 15) is 15.2 Å². The molecule has 1 aromatic carbocycles. The molecule has 0 radical (unpaired) electrons. The fourth-order valence-corrected chi connectivity index (χ4v) is 3.38. The average molecular weight is 361 g/mol. The number of carbonyl (C=O) groups is 1. The summed E-state index contributed by atoms with van der Waals surface area (Å²) in [5.74, 6) is 0.0774. The summed E-state index contributed by atoms with van der Waals surface area (Å²) in [7, 11) is 1.57. The summed E-state index contributed by atoms with van der Waals surface area (Å²) >= 11 is 0. The highest BCUT2D eigenvalue weighted by Gasteiger charge is 2.45. The molecule has 3 rings (SSSR count). The summed E-state index contributed by atoms with van der Waals surface area (Å²) in [5, 5.41) is 28.8. The first-order valence-corrected chi connectivity index (χ1v) is 8.77. The molecule has 2 aliphatic rings. The molecule has 0 bridgehead atoms. The molecule has 2 aliphatic carbocycles. The van der Waals surface area contributed by atoms with Crippen molar-refractivity contribution in [1.29, 1.82) is 5.26 Å². The maximum Gasteiger partial charge on any atom is 0.508 e. The third-order valence-electron chi connectivity index (χ3n) is 5.26. The molecule has 0 aromatic heterocycles. The van der Waals surface area contributed by atoms with Gasteiger partial charge in [0.05, 0.1) is 25.2 Å². The second-order valence-corrected chi connectivity index (χ2v) is 7.13. The fraction of sp³-hybridized carbons (Fsp3) is 0.579. The molecule has 0 amide bonds. The number of nitriles is 1. The van der Waals surface area contributed by atoms with Crippen LogP contribution in [0, 0.1) is 17.2 Å². The third kappa shape index (κ3) is 3.86. The Morgan fingerprint density at radius 3 is 2.50 bits per heavy atom. The number of methoxy groups -OCH3 is 1. The molecule has 0 saturated heterocycles. The van der Waals surface area contributed by atoms with Crippen molar-refractivity contribution in [3.8, 4) is 17.6 Å². The molecule has 7 nitrogen and oxygen atoms in total. The van der Waals surface area contributed by atoms with Gasteiger partial charge in [-0.05, 0) is 49.3 Å². The van der Waals surface area contributed by atoms with E-state index in [4.69, 9.17) is 14.6 Å². The number of hydrogen-bond donors (Lipinski definition) is 2. The van der Waals surface area contributed by atoms with Crippen molar-refractivity contribution >= 4 is 6.16 Å². The second-order valence-electron chi connectivity index (χ2n) is 7.13. The largest absolute Gasteiger partial charge is 0.508 e. The van der Waals surface area contributed by atoms with Crippen LogP contribution in [0.4, 0.5) is 4.79 Å². The lowest BCUT2D eigenvalue weighted by Gasteiger charge is -2.39. The van der Waals surface area contributed by atoms with Crippen molar-refractivity contribution in [3.05, 3.63) is 23.8 Å². The zero-order chi connectivity index (χ0) is 18.8. The van der Waals surface area contributed by atoms with Gasteiger partial charge in [-0.1, -0.05) is 6.07 Å². The van der Waals surface area contributed by atoms with E-state index < -0.39 is 17.4 Å². The molecule has 0 heterocycles. The van der Waals surface area contributed by atoms with Crippen LogP contribution >= 0.6 is 0 Å². The van der Waals surface area contributed by atoms with Gasteiger partial charge in [0.1, 0.15) is 0 Å². The predicted molar refractivity (Wildman–Crippen MR) is 91.0 cm³/mol. The Kier molecular flexibility index (Phi) is 4.97. The summed E-state index contributed by atoms with van der Waals surface area (Å²) in [5.41, 5.74) is -0.0399. The van der Waals surface area contributed by atoms with Gasteiger partial charge in [-0.15, -0.1) is 0 Å². The summed E-state index contributed by atoms with van der Waals surface area (Å²) in [6.45, 7) is 0.631. The molecule has 0 unspecified atom stereocenters. The Bertz CT molecular complexity index is 713. The van der Waals surface area contributed by atoms with Gasteiger partial charge in [-0.2, -0.15) is 5.26 Å². The van der Waals surface area contributed by atoms with Crippen molar-refractivity contribution in [1.82, 2.24) is 0 Å². The van der Waals surface area contributed by atoms with Gasteiger partial charge in [-0.25, -0.2) is 4.79 Å². The smallest absolute Gasteiger partial charge is 0.493 e. The number of hydrogen-bond acceptors (Lipinski definition) is 6. The highest BCUT2D eigenvalue weighted by molar-refractivity contribution is 5.57. The summed E-state index contributed by atoms with van der Waals surface area (Å²) in [6, 6.07) is 7.79. The molecule has 140 valence electrons. The van der Waals surface area contributed by atoms with Crippen molar-refractivity contribution in [3.63, 3.8) is 0 Å². The highest BCUT2D eigenvalue weighted by atomic mass is 16.7. The molecule has 2 N–H and O–H groups in total. The number of aliphatic hydroxyl groups is 1. The Balaban J connectivity index is 1.80. The molecule has 0 aliphatic heterocycles. The Labute approximate surface area is 152 Å². The van der Waals surface area contributed by atoms with Crippen LogP contribution in [0.5, 0.6) is 11.5 Å². The lowest BCUT2D eigenvalue weighted by Crippen LogP contribution is -2.43. The van der Waals surface area contributed by atoms with Crippen LogP contribution in [0.2, 0.25) is 0 Å². The quantitative estimate of drug-likeness (QED) is 0.591. The first kappa shape index (κ1) is 18.3. The summed E-state index contributed by atoms with van der Waals surface area (Å²) in [6.07, 6.45) is 1.55. The molecule has 2 fully saturated rings. The Morgan fingerprint density at radius 1 is 1.27 bits per heavy atom. The molecule has 0 atom stereocenters. The third-order valence-corrected chi connectivity index (χ3v) is 5.26. The van der Waals surface area contributed by atoms with Gasteiger partial charge in [0.2, 0.25) is 5.79 Å². The molecule has 26 heavy (non-hydrogen) atoms. The average Bonchev–Trinajstić information content (AvgIpc) is 3.44. The number of benzene rings is 1. The second kappa shape index (κ2) is 7.04. The van der Waals surface area contributed by atoms with Gasteiger partial charge in [0.15, 0.2) is 11.5 Å². The fourth-order valence-electron chi connectivity index (χ4n) is 3.38. The van der Waals surface area contributed by atoms with Crippen LogP contribution < -0.4 is 9.47 Å². The summed E-state index contributed by atoms with van der Waals surface area (Å²) < 4.78 is 15.8. The molecule has 7 heteroatoms. The minimum absolute atomic E-state index is 0.0666. The minimum Gasteiger partial charge on any atom is -0.493 e. The Hall–Kier alpha value is -2.46. The first-order chi connectivity index (χ1) is 12.4. The van der Waals surface area contributed by atoms with Crippen LogP contribution in [0.15, 0.2) is 18.2 Å². The van der Waals surface area contributed by atoms with Gasteiger partial charge in [-0.3, -0.25) is 0 Å². The lowest BCUT2D eigenvalue weighted by atomic mass is 9.68. The van der Waals surface area contributed by atoms with E-state index in [2.05, 4.69) is 10.8 Å². The standard InChI is InChI=1S/C19H23NO6/c1-24-15-5-4-14(10-16(15)25-11-13-2-3-13)18(12-20)6-8-19(23,9-7-18)26-17(21)22/h4-5,10,13,23H,2-3,6-9,11H2,1H3,(H,21,22)/t18-,19+. The van der Waals surface area contributed by atoms with Crippen molar-refractivity contribution in [2.24, 2.45) is 5.92 Å². The minimum atomic E-state index is -1.73. The monoisotopic (exact) mass is 361 g/mol. The zero-order valence-electron chi connectivity index (χ0n) is 14.7. The normalized spacial score (nSPS) is 28.0. The highest BCUT2D eigenvalue weighted by Crippen LogP contribution is 2.45. The predicted octanol–water partition coefficient (Wildman–Crippen LogP) is 3.20. The molecule has 1 aromatic rings. The van der Waals surface area contributed by atoms with Crippen molar-refractivity contribution in [2.45, 2.75) is 49.7 Å². The summed E-state index contributed by atoms with van der Waals surface area (Å²) in [4.78, 5) is 10.7. The van der Waals surface area contributed by atoms with Crippen LogP contribution in [0.3, 0.4) is 0 Å². The van der Waals surface area contributed by atoms with E-state index in [1.165, 1.54) is 12.8 Å². The van der Waals surface area contributed by atoms with Gasteiger partial charge >= 0.3 is 6.16 Å². The zero-order valence-corrected chi connectivity index (χ0v) is 14.7. The number of nitrogens with zero attached hydrogens (tertiary/aromatic N) is 1. The van der Waals surface area contributed by atoms with E-state index >= 15 is 0 Å². The molecular weight excluding hydrogens is 338 g/mol. The van der Waals surface area contributed by atoms with Crippen LogP contribution in [-0.2, 0) is 10.2 Å². The molecule has 2 saturated carbocycles. The number of carboxylic acid groups (broad SMARTS) is 1. The van der Waals surface area contributed by atoms with E-state index in [0.717, 1.165) is 5.56 Å². The Morgan fingerprint density at radius 2 is 1.96 bits per heavy atom. The lowest BCUT2D eigenvalue weighted by molar-refractivity contribution is -0.195. The van der Waals surface area contributed by atoms with Crippen LogP contribution in [0.25, 0.3) is 0 Å². The van der Waals surface area contributed by atoms with E-state index in [1.807, 2.05) is 12.1 Å². The van der Waals surface area contributed by atoms with Crippen molar-refractivity contribution < 1.29 is 29.2 Å². The topological polar surface area (TPSA) is 109 Å². The van der Waals surface area contributed by atoms with Gasteiger partial charge < -0.3 is 24.4 Å². The van der Waals surface area contributed by atoms with Crippen LogP contribution in [0.1, 0.15) is 44.1 Å².